The summed E-state index contributed by atoms with van der Waals surface area (Å²) >= 11 is 0. The largest absolute Gasteiger partial charge is 0.494 e. The second kappa shape index (κ2) is 4.25. The summed E-state index contributed by atoms with van der Waals surface area (Å²) in [6, 6.07) is 5.26. The highest BCUT2D eigenvalue weighted by Crippen LogP contribution is 2.09. The van der Waals surface area contributed by atoms with Gasteiger partial charge in [0, 0.05) is 6.20 Å². The van der Waals surface area contributed by atoms with E-state index in [9.17, 15) is 14.7 Å². The minimum atomic E-state index is -0.649. The van der Waals surface area contributed by atoms with Crippen LogP contribution in [-0.2, 0) is 6.54 Å². The van der Waals surface area contributed by atoms with Gasteiger partial charge >= 0.3 is 5.69 Å². The van der Waals surface area contributed by atoms with E-state index in [1.165, 1.54) is 6.92 Å². The van der Waals surface area contributed by atoms with Crippen molar-refractivity contribution in [1.82, 2.24) is 14.5 Å². The van der Waals surface area contributed by atoms with E-state index >= 15 is 0 Å². The summed E-state index contributed by atoms with van der Waals surface area (Å²) in [4.78, 5) is 28.9. The standard InChI is InChI=1S/C11H11N3O3/c1-7-9(15)13-11(17)14(10(7)16)6-8-4-2-3-5-12-8/h2-5,16H,6H2,1H3,(H,13,15,17). The fourth-order valence-electron chi connectivity index (χ4n) is 1.46. The van der Waals surface area contributed by atoms with Crippen LogP contribution in [0.25, 0.3) is 0 Å². The molecule has 2 aromatic rings. The van der Waals surface area contributed by atoms with E-state index in [1.54, 1.807) is 24.4 Å². The van der Waals surface area contributed by atoms with E-state index < -0.39 is 11.2 Å². The molecular weight excluding hydrogens is 222 g/mol. The zero-order valence-corrected chi connectivity index (χ0v) is 9.17. The highest BCUT2D eigenvalue weighted by atomic mass is 16.3. The third-order valence-electron chi connectivity index (χ3n) is 2.44. The molecule has 0 spiro atoms. The average Bonchev–Trinajstić information content (AvgIpc) is 2.33. The van der Waals surface area contributed by atoms with Gasteiger partial charge in [0.15, 0.2) is 0 Å². The lowest BCUT2D eigenvalue weighted by Crippen LogP contribution is -2.31. The van der Waals surface area contributed by atoms with Gasteiger partial charge in [-0.2, -0.15) is 0 Å². The maximum Gasteiger partial charge on any atom is 0.331 e. The summed E-state index contributed by atoms with van der Waals surface area (Å²) in [5.74, 6) is -0.329. The Hall–Kier alpha value is -2.37. The highest BCUT2D eigenvalue weighted by molar-refractivity contribution is 5.21. The topological polar surface area (TPSA) is 88.0 Å². The van der Waals surface area contributed by atoms with Crippen molar-refractivity contribution < 1.29 is 5.11 Å². The van der Waals surface area contributed by atoms with Crippen molar-refractivity contribution in [3.8, 4) is 5.88 Å². The zero-order valence-electron chi connectivity index (χ0n) is 9.17. The van der Waals surface area contributed by atoms with Gasteiger partial charge in [0.2, 0.25) is 5.88 Å². The number of nitrogens with zero attached hydrogens (tertiary/aromatic N) is 2. The highest BCUT2D eigenvalue weighted by Gasteiger charge is 2.10. The Bertz CT molecular complexity index is 643. The Morgan fingerprint density at radius 1 is 1.41 bits per heavy atom. The summed E-state index contributed by atoms with van der Waals surface area (Å²) in [6.45, 7) is 1.56. The van der Waals surface area contributed by atoms with Gasteiger partial charge < -0.3 is 5.11 Å². The molecule has 0 aliphatic carbocycles. The number of H-pyrrole nitrogens is 1. The third kappa shape index (κ3) is 2.10. The van der Waals surface area contributed by atoms with Gasteiger partial charge in [-0.15, -0.1) is 0 Å². The number of pyridine rings is 1. The molecule has 6 nitrogen and oxygen atoms in total. The molecule has 6 heteroatoms. The van der Waals surface area contributed by atoms with Crippen LogP contribution in [0, 0.1) is 6.92 Å². The molecule has 2 rings (SSSR count). The number of hydrogen-bond acceptors (Lipinski definition) is 4. The summed E-state index contributed by atoms with van der Waals surface area (Å²) in [5.41, 5.74) is -0.495. The molecule has 0 unspecified atom stereocenters. The van der Waals surface area contributed by atoms with Crippen LogP contribution in [0.4, 0.5) is 0 Å². The molecule has 0 aromatic carbocycles. The lowest BCUT2D eigenvalue weighted by Gasteiger charge is -2.08. The first-order chi connectivity index (χ1) is 8.09. The monoisotopic (exact) mass is 233 g/mol. The number of aromatic amines is 1. The van der Waals surface area contributed by atoms with E-state index in [1.807, 2.05) is 0 Å². The first kappa shape index (κ1) is 11.1. The predicted octanol–water partition coefficient (Wildman–Crippen LogP) is -0.00608. The van der Waals surface area contributed by atoms with Crippen molar-refractivity contribution >= 4 is 0 Å². The van der Waals surface area contributed by atoms with Gasteiger partial charge in [0.1, 0.15) is 0 Å². The van der Waals surface area contributed by atoms with Crippen LogP contribution in [0.1, 0.15) is 11.3 Å². The molecule has 0 fully saturated rings. The lowest BCUT2D eigenvalue weighted by molar-refractivity contribution is 0.403. The summed E-state index contributed by atoms with van der Waals surface area (Å²) < 4.78 is 1.07. The van der Waals surface area contributed by atoms with E-state index in [2.05, 4.69) is 9.97 Å². The molecule has 0 amide bonds. The average molecular weight is 233 g/mol. The molecule has 0 aliphatic rings. The normalized spacial score (nSPS) is 10.4. The van der Waals surface area contributed by atoms with Crippen LogP contribution in [0.15, 0.2) is 34.0 Å². The minimum absolute atomic E-state index is 0.112. The van der Waals surface area contributed by atoms with Crippen molar-refractivity contribution in [2.24, 2.45) is 0 Å². The van der Waals surface area contributed by atoms with E-state index in [-0.39, 0.29) is 18.0 Å². The Labute approximate surface area is 96.2 Å². The van der Waals surface area contributed by atoms with Crippen molar-refractivity contribution in [1.29, 1.82) is 0 Å². The molecule has 0 bridgehead atoms. The molecule has 0 atom stereocenters. The van der Waals surface area contributed by atoms with E-state index in [0.717, 1.165) is 4.57 Å². The minimum Gasteiger partial charge on any atom is -0.494 e. The van der Waals surface area contributed by atoms with Crippen LogP contribution in [0.2, 0.25) is 0 Å². The number of rotatable bonds is 2. The molecule has 88 valence electrons. The quantitative estimate of drug-likeness (QED) is 0.763. The lowest BCUT2D eigenvalue weighted by atomic mass is 10.3. The van der Waals surface area contributed by atoms with Crippen LogP contribution < -0.4 is 11.2 Å². The molecule has 17 heavy (non-hydrogen) atoms. The predicted molar refractivity (Wildman–Crippen MR) is 61.1 cm³/mol. The molecule has 0 saturated carbocycles. The molecule has 0 radical (unpaired) electrons. The van der Waals surface area contributed by atoms with Crippen LogP contribution >= 0.6 is 0 Å². The maximum atomic E-state index is 11.5. The number of aromatic nitrogens is 3. The fraction of sp³-hybridized carbons (Fsp3) is 0.182. The van der Waals surface area contributed by atoms with Gasteiger partial charge in [-0.05, 0) is 19.1 Å². The van der Waals surface area contributed by atoms with Gasteiger partial charge in [-0.3, -0.25) is 19.3 Å². The van der Waals surface area contributed by atoms with Crippen LogP contribution in [-0.4, -0.2) is 19.6 Å². The Kier molecular flexibility index (Phi) is 2.78. The first-order valence-corrected chi connectivity index (χ1v) is 5.02. The second-order valence-corrected chi connectivity index (χ2v) is 3.62. The number of nitrogens with one attached hydrogen (secondary N) is 1. The van der Waals surface area contributed by atoms with Gasteiger partial charge in [-0.25, -0.2) is 4.79 Å². The maximum absolute atomic E-state index is 11.5. The van der Waals surface area contributed by atoms with Crippen molar-refractivity contribution in [2.45, 2.75) is 13.5 Å². The molecular formula is C11H11N3O3. The Morgan fingerprint density at radius 3 is 2.82 bits per heavy atom. The van der Waals surface area contributed by atoms with Crippen molar-refractivity contribution in [3.63, 3.8) is 0 Å². The number of aromatic hydroxyl groups is 1. The van der Waals surface area contributed by atoms with Gasteiger partial charge in [0.25, 0.3) is 5.56 Å². The fourth-order valence-corrected chi connectivity index (χ4v) is 1.46. The molecule has 2 N–H and O–H groups in total. The summed E-state index contributed by atoms with van der Waals surface area (Å²) in [6.07, 6.45) is 1.59. The molecule has 2 aromatic heterocycles. The third-order valence-corrected chi connectivity index (χ3v) is 2.44. The molecule has 0 aliphatic heterocycles. The molecule has 2 heterocycles. The zero-order chi connectivity index (χ0) is 12.4. The molecule has 0 saturated heterocycles. The number of hydrogen-bond donors (Lipinski definition) is 2. The van der Waals surface area contributed by atoms with Crippen molar-refractivity contribution in [3.05, 3.63) is 56.5 Å². The van der Waals surface area contributed by atoms with E-state index in [4.69, 9.17) is 0 Å². The second-order valence-electron chi connectivity index (χ2n) is 3.62. The smallest absolute Gasteiger partial charge is 0.331 e. The Balaban J connectivity index is 2.51. The van der Waals surface area contributed by atoms with Gasteiger partial charge in [0.05, 0.1) is 17.8 Å². The van der Waals surface area contributed by atoms with Gasteiger partial charge in [-0.1, -0.05) is 6.07 Å². The van der Waals surface area contributed by atoms with E-state index in [0.29, 0.717) is 5.69 Å². The summed E-state index contributed by atoms with van der Waals surface area (Å²) in [7, 11) is 0. The summed E-state index contributed by atoms with van der Waals surface area (Å²) in [5, 5.41) is 9.74. The Morgan fingerprint density at radius 2 is 2.18 bits per heavy atom. The first-order valence-electron chi connectivity index (χ1n) is 5.02. The van der Waals surface area contributed by atoms with Crippen LogP contribution in [0.3, 0.4) is 0 Å². The van der Waals surface area contributed by atoms with Crippen molar-refractivity contribution in [2.75, 3.05) is 0 Å². The van der Waals surface area contributed by atoms with Crippen LogP contribution in [0.5, 0.6) is 5.88 Å². The SMILES string of the molecule is Cc1c(O)n(Cc2ccccn2)c(=O)[nH]c1=O.